The minimum absolute atomic E-state index is 0.0413. The summed E-state index contributed by atoms with van der Waals surface area (Å²) in [6, 6.07) is 12.7. The molecule has 164 valence electrons. The normalized spacial score (nSPS) is 10.8. The van der Waals surface area contributed by atoms with Gasteiger partial charge in [0, 0.05) is 17.0 Å². The van der Waals surface area contributed by atoms with Gasteiger partial charge >= 0.3 is 5.97 Å². The maximum absolute atomic E-state index is 13.5. The molecular weight excluding hydrogens is 450 g/mol. The molecule has 0 spiro atoms. The first kappa shape index (κ1) is 21.7. The third-order valence-electron chi connectivity index (χ3n) is 4.65. The molecule has 2 aromatic heterocycles. The molecule has 0 saturated heterocycles. The Bertz CT molecular complexity index is 1230. The number of amides is 1. The monoisotopic (exact) mass is 469 g/mol. The average molecular weight is 470 g/mol. The highest BCUT2D eigenvalue weighted by atomic mass is 32.1. The fourth-order valence-electron chi connectivity index (χ4n) is 3.11. The summed E-state index contributed by atoms with van der Waals surface area (Å²) in [7, 11) is 3.04. The number of hydrogen-bond donors (Lipinski definition) is 1. The number of aromatic nitrogens is 2. The number of aromatic carboxylic acids is 1. The molecule has 1 N–H and O–H groups in total. The molecule has 0 atom stereocenters. The molecule has 0 fully saturated rings. The molecule has 0 radical (unpaired) electrons. The average Bonchev–Trinajstić information content (AvgIpc) is 3.44. The number of fused-ring (bicyclic) bond motifs is 1. The Morgan fingerprint density at radius 2 is 1.69 bits per heavy atom. The van der Waals surface area contributed by atoms with Crippen molar-refractivity contribution in [3.05, 3.63) is 69.1 Å². The summed E-state index contributed by atoms with van der Waals surface area (Å²) in [5.41, 5.74) is 1.21. The van der Waals surface area contributed by atoms with E-state index in [-0.39, 0.29) is 24.7 Å². The van der Waals surface area contributed by atoms with E-state index in [1.54, 1.807) is 23.1 Å². The number of carbonyl (C=O) groups is 2. The number of methoxy groups -OCH3 is 2. The zero-order valence-corrected chi connectivity index (χ0v) is 18.9. The van der Waals surface area contributed by atoms with Crippen LogP contribution >= 0.6 is 22.7 Å². The van der Waals surface area contributed by atoms with Crippen LogP contribution in [-0.2, 0) is 13.1 Å². The van der Waals surface area contributed by atoms with Crippen LogP contribution in [0.5, 0.6) is 11.5 Å². The predicted octanol–water partition coefficient (Wildman–Crippen LogP) is 4.31. The number of benzene rings is 2. The molecule has 0 aliphatic heterocycles. The molecule has 0 unspecified atom stereocenters. The lowest BCUT2D eigenvalue weighted by atomic mass is 10.1. The van der Waals surface area contributed by atoms with Crippen molar-refractivity contribution in [2.75, 3.05) is 14.2 Å². The largest absolute Gasteiger partial charge is 0.497 e. The van der Waals surface area contributed by atoms with Crippen LogP contribution in [0.25, 0.3) is 10.2 Å². The Morgan fingerprint density at radius 1 is 1.00 bits per heavy atom. The minimum atomic E-state index is -1.10. The number of carboxylic acid groups (broad SMARTS) is 1. The molecule has 0 bridgehead atoms. The molecule has 0 aliphatic rings. The third kappa shape index (κ3) is 4.71. The van der Waals surface area contributed by atoms with Gasteiger partial charge in [0.05, 0.1) is 37.5 Å². The van der Waals surface area contributed by atoms with E-state index in [0.29, 0.717) is 22.1 Å². The number of nitrogens with zero attached hydrogens (tertiary/aromatic N) is 3. The maximum Gasteiger partial charge on any atom is 0.355 e. The molecule has 2 heterocycles. The highest BCUT2D eigenvalue weighted by Crippen LogP contribution is 2.27. The topological polar surface area (TPSA) is 102 Å². The summed E-state index contributed by atoms with van der Waals surface area (Å²) < 4.78 is 11.6. The van der Waals surface area contributed by atoms with Crippen molar-refractivity contribution in [1.82, 2.24) is 14.9 Å². The van der Waals surface area contributed by atoms with Crippen molar-refractivity contribution < 1.29 is 24.2 Å². The zero-order valence-electron chi connectivity index (χ0n) is 17.3. The highest BCUT2D eigenvalue weighted by molar-refractivity contribution is 7.18. The second kappa shape index (κ2) is 9.33. The van der Waals surface area contributed by atoms with Crippen molar-refractivity contribution in [2.24, 2.45) is 0 Å². The fraction of sp³-hybridized carbons (Fsp3) is 0.182. The van der Waals surface area contributed by atoms with Gasteiger partial charge in [-0.3, -0.25) is 4.79 Å². The SMILES string of the molecule is COc1cc(OC)cc(C(=O)N(Cc2nc(C(=O)O)cs2)Cc2nc3ccccc3s2)c1. The molecule has 4 aromatic rings. The van der Waals surface area contributed by atoms with E-state index in [1.165, 1.54) is 42.3 Å². The van der Waals surface area contributed by atoms with Crippen LogP contribution in [0.2, 0.25) is 0 Å². The van der Waals surface area contributed by atoms with Gasteiger partial charge in [0.15, 0.2) is 5.69 Å². The van der Waals surface area contributed by atoms with Gasteiger partial charge in [-0.15, -0.1) is 22.7 Å². The Hall–Kier alpha value is -3.50. The Balaban J connectivity index is 1.68. The highest BCUT2D eigenvalue weighted by Gasteiger charge is 2.22. The number of carboxylic acids is 1. The van der Waals surface area contributed by atoms with Crippen LogP contribution in [0, 0.1) is 0 Å². The second-order valence-corrected chi connectivity index (χ2v) is 8.83. The van der Waals surface area contributed by atoms with Gasteiger partial charge in [0.25, 0.3) is 5.91 Å². The summed E-state index contributed by atoms with van der Waals surface area (Å²) >= 11 is 2.71. The number of rotatable bonds is 8. The lowest BCUT2D eigenvalue weighted by Gasteiger charge is -2.21. The van der Waals surface area contributed by atoms with Gasteiger partial charge in [0.1, 0.15) is 21.5 Å². The van der Waals surface area contributed by atoms with E-state index < -0.39 is 5.97 Å². The van der Waals surface area contributed by atoms with Crippen LogP contribution in [0.3, 0.4) is 0 Å². The molecule has 0 aliphatic carbocycles. The standard InChI is InChI=1S/C22H19N3O5S2/c1-29-14-7-13(8-15(9-14)30-2)21(26)25(10-19-24-17(12-31-19)22(27)28)11-20-23-16-5-3-4-6-18(16)32-20/h3-9,12H,10-11H2,1-2H3,(H,27,28). The smallest absolute Gasteiger partial charge is 0.355 e. The molecule has 0 saturated carbocycles. The van der Waals surface area contributed by atoms with Gasteiger partial charge in [-0.25, -0.2) is 14.8 Å². The van der Waals surface area contributed by atoms with Gasteiger partial charge in [-0.2, -0.15) is 0 Å². The summed E-state index contributed by atoms with van der Waals surface area (Å²) in [5, 5.41) is 11.9. The van der Waals surface area contributed by atoms with E-state index >= 15 is 0 Å². The van der Waals surface area contributed by atoms with Gasteiger partial charge in [-0.05, 0) is 24.3 Å². The van der Waals surface area contributed by atoms with Crippen LogP contribution in [0.15, 0.2) is 47.8 Å². The van der Waals surface area contributed by atoms with Crippen LogP contribution < -0.4 is 9.47 Å². The first-order chi connectivity index (χ1) is 15.5. The molecule has 10 heteroatoms. The fourth-order valence-corrected chi connectivity index (χ4v) is 4.87. The molecule has 8 nitrogen and oxygen atoms in total. The predicted molar refractivity (Wildman–Crippen MR) is 122 cm³/mol. The van der Waals surface area contributed by atoms with Crippen molar-refractivity contribution in [3.63, 3.8) is 0 Å². The van der Waals surface area contributed by atoms with Gasteiger partial charge < -0.3 is 19.5 Å². The number of thiazole rings is 2. The molecule has 4 rings (SSSR count). The molecular formula is C22H19N3O5S2. The lowest BCUT2D eigenvalue weighted by molar-refractivity contribution is 0.0691. The molecule has 1 amide bonds. The Kier molecular flexibility index (Phi) is 6.33. The van der Waals surface area contributed by atoms with E-state index in [9.17, 15) is 14.7 Å². The minimum Gasteiger partial charge on any atom is -0.497 e. The summed E-state index contributed by atoms with van der Waals surface area (Å²) in [5.74, 6) is -0.382. The lowest BCUT2D eigenvalue weighted by Crippen LogP contribution is -2.30. The van der Waals surface area contributed by atoms with E-state index in [0.717, 1.165) is 15.2 Å². The van der Waals surface area contributed by atoms with Crippen molar-refractivity contribution in [2.45, 2.75) is 13.1 Å². The number of para-hydroxylation sites is 1. The zero-order chi connectivity index (χ0) is 22.7. The Morgan fingerprint density at radius 3 is 2.31 bits per heavy atom. The Labute approximate surface area is 191 Å². The third-order valence-corrected chi connectivity index (χ3v) is 6.50. The molecule has 2 aromatic carbocycles. The number of carbonyl (C=O) groups excluding carboxylic acids is 1. The van der Waals surface area contributed by atoms with Crippen molar-refractivity contribution >= 4 is 44.8 Å². The summed E-state index contributed by atoms with van der Waals surface area (Å²) in [6.45, 7) is 0.395. The maximum atomic E-state index is 13.5. The van der Waals surface area contributed by atoms with E-state index in [4.69, 9.17) is 9.47 Å². The van der Waals surface area contributed by atoms with Crippen LogP contribution in [0.4, 0.5) is 0 Å². The van der Waals surface area contributed by atoms with Crippen molar-refractivity contribution in [1.29, 1.82) is 0 Å². The quantitative estimate of drug-likeness (QED) is 0.410. The number of ether oxygens (including phenoxy) is 2. The van der Waals surface area contributed by atoms with Gasteiger partial charge in [-0.1, -0.05) is 12.1 Å². The van der Waals surface area contributed by atoms with E-state index in [1.807, 2.05) is 24.3 Å². The van der Waals surface area contributed by atoms with E-state index in [2.05, 4.69) is 9.97 Å². The van der Waals surface area contributed by atoms with Crippen LogP contribution in [0.1, 0.15) is 30.9 Å². The second-order valence-electron chi connectivity index (χ2n) is 6.77. The number of hydrogen-bond acceptors (Lipinski definition) is 8. The van der Waals surface area contributed by atoms with Crippen molar-refractivity contribution in [3.8, 4) is 11.5 Å². The summed E-state index contributed by atoms with van der Waals surface area (Å²) in [6.07, 6.45) is 0. The van der Waals surface area contributed by atoms with Gasteiger partial charge in [0.2, 0.25) is 0 Å². The first-order valence-electron chi connectivity index (χ1n) is 9.51. The summed E-state index contributed by atoms with van der Waals surface area (Å²) in [4.78, 5) is 35.1. The molecule has 32 heavy (non-hydrogen) atoms. The first-order valence-corrected chi connectivity index (χ1v) is 11.2. The van der Waals surface area contributed by atoms with Crippen LogP contribution in [-0.4, -0.2) is 46.1 Å².